The molecule has 0 aliphatic heterocycles. The van der Waals surface area contributed by atoms with Crippen molar-refractivity contribution >= 4 is 0 Å². The van der Waals surface area contributed by atoms with E-state index in [-0.39, 0.29) is 23.2 Å². The lowest BCUT2D eigenvalue weighted by Crippen LogP contribution is -1.96. The number of hydrogen-bond acceptors (Lipinski definition) is 3. The Kier molecular flexibility index (Phi) is 2.91. The summed E-state index contributed by atoms with van der Waals surface area (Å²) in [5, 5.41) is 28.2. The van der Waals surface area contributed by atoms with Crippen molar-refractivity contribution < 1.29 is 15.3 Å². The van der Waals surface area contributed by atoms with Crippen LogP contribution in [0.3, 0.4) is 0 Å². The Morgan fingerprint density at radius 3 is 2.00 bits per heavy atom. The smallest absolute Gasteiger partial charge is 0.123 e. The summed E-state index contributed by atoms with van der Waals surface area (Å²) in [6, 6.07) is 11.4. The van der Waals surface area contributed by atoms with E-state index in [1.54, 1.807) is 24.3 Å². The topological polar surface area (TPSA) is 60.7 Å². The van der Waals surface area contributed by atoms with Crippen LogP contribution in [0.4, 0.5) is 0 Å². The number of benzene rings is 2. The van der Waals surface area contributed by atoms with Crippen molar-refractivity contribution in [3.63, 3.8) is 0 Å². The Balaban J connectivity index is 2.36. The number of hydrogen-bond donors (Lipinski definition) is 3. The van der Waals surface area contributed by atoms with Crippen LogP contribution in [0.1, 0.15) is 24.0 Å². The monoisotopic (exact) mass is 230 g/mol. The van der Waals surface area contributed by atoms with Gasteiger partial charge in [0.2, 0.25) is 0 Å². The average molecular weight is 230 g/mol. The standard InChI is InChI=1S/C14H14O3/c1-9(10-2-4-11(15)5-3-10)13-7-6-12(16)8-14(13)17/h2-9,15-17H,1H3. The lowest BCUT2D eigenvalue weighted by molar-refractivity contribution is 0.444. The van der Waals surface area contributed by atoms with Gasteiger partial charge in [-0.1, -0.05) is 25.1 Å². The van der Waals surface area contributed by atoms with E-state index in [0.29, 0.717) is 0 Å². The summed E-state index contributed by atoms with van der Waals surface area (Å²) in [6.07, 6.45) is 0. The van der Waals surface area contributed by atoms with Gasteiger partial charge in [-0.3, -0.25) is 0 Å². The second kappa shape index (κ2) is 4.37. The van der Waals surface area contributed by atoms with E-state index >= 15 is 0 Å². The molecule has 0 saturated heterocycles. The van der Waals surface area contributed by atoms with Gasteiger partial charge in [-0.15, -0.1) is 0 Å². The van der Waals surface area contributed by atoms with Gasteiger partial charge in [-0.05, 0) is 23.8 Å². The molecule has 0 radical (unpaired) electrons. The van der Waals surface area contributed by atoms with Crippen molar-refractivity contribution in [2.24, 2.45) is 0 Å². The van der Waals surface area contributed by atoms with Crippen molar-refractivity contribution in [3.8, 4) is 17.2 Å². The molecule has 0 fully saturated rings. The van der Waals surface area contributed by atoms with Crippen LogP contribution < -0.4 is 0 Å². The lowest BCUT2D eigenvalue weighted by atomic mass is 9.92. The molecule has 0 heterocycles. The summed E-state index contributed by atoms with van der Waals surface area (Å²) in [4.78, 5) is 0. The van der Waals surface area contributed by atoms with Crippen molar-refractivity contribution in [1.29, 1.82) is 0 Å². The van der Waals surface area contributed by atoms with Crippen LogP contribution >= 0.6 is 0 Å². The largest absolute Gasteiger partial charge is 0.508 e. The molecule has 2 aromatic carbocycles. The Morgan fingerprint density at radius 2 is 1.41 bits per heavy atom. The fourth-order valence-corrected chi connectivity index (χ4v) is 1.84. The van der Waals surface area contributed by atoms with Crippen molar-refractivity contribution in [2.45, 2.75) is 12.8 Å². The molecule has 0 bridgehead atoms. The van der Waals surface area contributed by atoms with Gasteiger partial charge in [0.15, 0.2) is 0 Å². The minimum atomic E-state index is -0.00352. The third kappa shape index (κ3) is 2.33. The fourth-order valence-electron chi connectivity index (χ4n) is 1.84. The molecule has 1 atom stereocenters. The predicted molar refractivity (Wildman–Crippen MR) is 65.4 cm³/mol. The average Bonchev–Trinajstić information content (AvgIpc) is 2.29. The van der Waals surface area contributed by atoms with Crippen molar-refractivity contribution in [1.82, 2.24) is 0 Å². The SMILES string of the molecule is CC(c1ccc(O)cc1)c1ccc(O)cc1O. The summed E-state index contributed by atoms with van der Waals surface area (Å²) >= 11 is 0. The minimum Gasteiger partial charge on any atom is -0.508 e. The number of phenolic OH excluding ortho intramolecular Hbond substituents is 3. The summed E-state index contributed by atoms with van der Waals surface area (Å²) in [5.41, 5.74) is 1.73. The first kappa shape index (κ1) is 11.3. The van der Waals surface area contributed by atoms with E-state index < -0.39 is 0 Å². The van der Waals surface area contributed by atoms with E-state index in [1.165, 1.54) is 6.07 Å². The highest BCUT2D eigenvalue weighted by Crippen LogP contribution is 2.33. The van der Waals surface area contributed by atoms with Gasteiger partial charge in [-0.2, -0.15) is 0 Å². The first-order valence-electron chi connectivity index (χ1n) is 5.38. The van der Waals surface area contributed by atoms with Gasteiger partial charge in [0.1, 0.15) is 17.2 Å². The van der Waals surface area contributed by atoms with Gasteiger partial charge in [-0.25, -0.2) is 0 Å². The molecule has 0 amide bonds. The van der Waals surface area contributed by atoms with Crippen LogP contribution in [0.15, 0.2) is 42.5 Å². The maximum absolute atomic E-state index is 9.77. The second-order valence-electron chi connectivity index (χ2n) is 4.06. The summed E-state index contributed by atoms with van der Waals surface area (Å²) in [6.45, 7) is 1.96. The van der Waals surface area contributed by atoms with E-state index in [2.05, 4.69) is 0 Å². The quantitative estimate of drug-likeness (QED) is 0.743. The van der Waals surface area contributed by atoms with Gasteiger partial charge >= 0.3 is 0 Å². The molecule has 2 rings (SSSR count). The number of aromatic hydroxyl groups is 3. The number of phenols is 3. The Labute approximate surface area is 99.6 Å². The van der Waals surface area contributed by atoms with Gasteiger partial charge < -0.3 is 15.3 Å². The van der Waals surface area contributed by atoms with E-state index in [1.807, 2.05) is 19.1 Å². The van der Waals surface area contributed by atoms with Crippen molar-refractivity contribution in [2.75, 3.05) is 0 Å². The molecular weight excluding hydrogens is 216 g/mol. The lowest BCUT2D eigenvalue weighted by Gasteiger charge is -2.14. The predicted octanol–water partition coefficient (Wildman–Crippen LogP) is 2.96. The summed E-state index contributed by atoms with van der Waals surface area (Å²) in [5.74, 6) is 0.335. The number of rotatable bonds is 2. The van der Waals surface area contributed by atoms with Crippen LogP contribution in [0.5, 0.6) is 17.2 Å². The minimum absolute atomic E-state index is 0.00352. The van der Waals surface area contributed by atoms with Crippen LogP contribution in [-0.4, -0.2) is 15.3 Å². The molecule has 2 aromatic rings. The van der Waals surface area contributed by atoms with Crippen LogP contribution in [0.25, 0.3) is 0 Å². The Morgan fingerprint density at radius 1 is 0.824 bits per heavy atom. The van der Waals surface area contributed by atoms with Crippen molar-refractivity contribution in [3.05, 3.63) is 53.6 Å². The molecule has 0 saturated carbocycles. The van der Waals surface area contributed by atoms with Crippen LogP contribution in [0.2, 0.25) is 0 Å². The summed E-state index contributed by atoms with van der Waals surface area (Å²) in [7, 11) is 0. The normalized spacial score (nSPS) is 12.3. The third-order valence-electron chi connectivity index (χ3n) is 2.87. The molecule has 0 aliphatic carbocycles. The molecule has 0 aromatic heterocycles. The maximum Gasteiger partial charge on any atom is 0.123 e. The third-order valence-corrected chi connectivity index (χ3v) is 2.87. The van der Waals surface area contributed by atoms with Crippen LogP contribution in [-0.2, 0) is 0 Å². The Hall–Kier alpha value is -2.16. The molecule has 0 spiro atoms. The molecular formula is C14H14O3. The van der Waals surface area contributed by atoms with E-state index in [0.717, 1.165) is 11.1 Å². The second-order valence-corrected chi connectivity index (χ2v) is 4.06. The molecule has 0 aliphatic rings. The molecule has 3 N–H and O–H groups in total. The first-order chi connectivity index (χ1) is 8.08. The van der Waals surface area contributed by atoms with E-state index in [4.69, 9.17) is 0 Å². The highest BCUT2D eigenvalue weighted by Gasteiger charge is 2.12. The zero-order chi connectivity index (χ0) is 12.4. The molecule has 3 heteroatoms. The highest BCUT2D eigenvalue weighted by molar-refractivity contribution is 5.45. The Bertz CT molecular complexity index is 517. The first-order valence-corrected chi connectivity index (χ1v) is 5.38. The van der Waals surface area contributed by atoms with Crippen LogP contribution in [0, 0.1) is 0 Å². The molecule has 88 valence electrons. The summed E-state index contributed by atoms with van der Waals surface area (Å²) < 4.78 is 0. The van der Waals surface area contributed by atoms with Gasteiger partial charge in [0.05, 0.1) is 0 Å². The fraction of sp³-hybridized carbons (Fsp3) is 0.143. The molecule has 1 unspecified atom stereocenters. The van der Waals surface area contributed by atoms with E-state index in [9.17, 15) is 15.3 Å². The highest BCUT2D eigenvalue weighted by atomic mass is 16.3. The van der Waals surface area contributed by atoms with Gasteiger partial charge in [0.25, 0.3) is 0 Å². The zero-order valence-electron chi connectivity index (χ0n) is 9.46. The zero-order valence-corrected chi connectivity index (χ0v) is 9.46. The molecule has 3 nitrogen and oxygen atoms in total. The molecule has 17 heavy (non-hydrogen) atoms. The van der Waals surface area contributed by atoms with Gasteiger partial charge in [0, 0.05) is 17.5 Å². The maximum atomic E-state index is 9.77.